The highest BCUT2D eigenvalue weighted by atomic mass is 32.1. The molecule has 0 aliphatic heterocycles. The van der Waals surface area contributed by atoms with Crippen molar-refractivity contribution in [2.45, 2.75) is 19.3 Å². The summed E-state index contributed by atoms with van der Waals surface area (Å²) in [5.74, 6) is 0.594. The van der Waals surface area contributed by atoms with Crippen LogP contribution in [0.15, 0.2) is 35.7 Å². The van der Waals surface area contributed by atoms with Crippen molar-refractivity contribution in [1.82, 2.24) is 0 Å². The fraction of sp³-hybridized carbons (Fsp3) is 0.267. The molecule has 0 unspecified atom stereocenters. The number of anilines is 2. The molecule has 5 heteroatoms. The van der Waals surface area contributed by atoms with Crippen LogP contribution in [-0.2, 0) is 11.2 Å². The van der Waals surface area contributed by atoms with E-state index in [-0.39, 0.29) is 5.91 Å². The summed E-state index contributed by atoms with van der Waals surface area (Å²) >= 11 is 1.72. The number of aryl methyl sites for hydroxylation is 1. The normalized spacial score (nSPS) is 10.2. The van der Waals surface area contributed by atoms with Crippen LogP contribution in [0.5, 0.6) is 5.75 Å². The van der Waals surface area contributed by atoms with Crippen LogP contribution in [0.4, 0.5) is 11.4 Å². The van der Waals surface area contributed by atoms with E-state index in [1.165, 1.54) is 4.88 Å². The van der Waals surface area contributed by atoms with Gasteiger partial charge in [0.05, 0.1) is 12.8 Å². The molecule has 0 radical (unpaired) electrons. The van der Waals surface area contributed by atoms with Gasteiger partial charge in [0.15, 0.2) is 0 Å². The summed E-state index contributed by atoms with van der Waals surface area (Å²) in [7, 11) is 1.57. The molecular formula is C15H18N2O2S. The number of nitrogens with one attached hydrogen (secondary N) is 1. The van der Waals surface area contributed by atoms with Gasteiger partial charge < -0.3 is 15.8 Å². The van der Waals surface area contributed by atoms with Crippen molar-refractivity contribution in [3.8, 4) is 5.75 Å². The lowest BCUT2D eigenvalue weighted by molar-refractivity contribution is -0.116. The predicted molar refractivity (Wildman–Crippen MR) is 83.3 cm³/mol. The standard InChI is InChI=1S/C15H18N2O2S/c1-19-14-8-7-11(16)10-13(14)17-15(18)6-2-4-12-5-3-9-20-12/h3,5,7-10H,2,4,6,16H2,1H3,(H,17,18). The number of hydrogen-bond donors (Lipinski definition) is 2. The Hall–Kier alpha value is -2.01. The Morgan fingerprint density at radius 3 is 2.95 bits per heavy atom. The number of benzene rings is 1. The van der Waals surface area contributed by atoms with E-state index in [0.29, 0.717) is 23.5 Å². The molecule has 0 saturated carbocycles. The van der Waals surface area contributed by atoms with E-state index < -0.39 is 0 Å². The molecule has 4 nitrogen and oxygen atoms in total. The first kappa shape index (κ1) is 14.4. The molecule has 0 bridgehead atoms. The molecule has 106 valence electrons. The molecule has 0 aliphatic rings. The second-order valence-corrected chi connectivity index (χ2v) is 5.47. The van der Waals surface area contributed by atoms with E-state index in [2.05, 4.69) is 11.4 Å². The lowest BCUT2D eigenvalue weighted by atomic mass is 10.2. The molecule has 0 atom stereocenters. The highest BCUT2D eigenvalue weighted by molar-refractivity contribution is 7.09. The van der Waals surface area contributed by atoms with Gasteiger partial charge in [0.1, 0.15) is 5.75 Å². The van der Waals surface area contributed by atoms with E-state index in [9.17, 15) is 4.79 Å². The zero-order chi connectivity index (χ0) is 14.4. The zero-order valence-corrected chi connectivity index (χ0v) is 12.2. The van der Waals surface area contributed by atoms with Gasteiger partial charge in [0.2, 0.25) is 5.91 Å². The number of thiophene rings is 1. The summed E-state index contributed by atoms with van der Waals surface area (Å²) in [5, 5.41) is 4.89. The van der Waals surface area contributed by atoms with Crippen LogP contribution in [0.3, 0.4) is 0 Å². The average Bonchev–Trinajstić information content (AvgIpc) is 2.92. The van der Waals surface area contributed by atoms with Gasteiger partial charge in [-0.2, -0.15) is 0 Å². The van der Waals surface area contributed by atoms with Crippen molar-refractivity contribution in [2.24, 2.45) is 0 Å². The van der Waals surface area contributed by atoms with Gasteiger partial charge in [0, 0.05) is 17.0 Å². The Balaban J connectivity index is 1.86. The summed E-state index contributed by atoms with van der Waals surface area (Å²) in [6, 6.07) is 9.30. The number of carbonyl (C=O) groups excluding carboxylic acids is 1. The maximum absolute atomic E-state index is 11.9. The van der Waals surface area contributed by atoms with Crippen molar-refractivity contribution in [3.05, 3.63) is 40.6 Å². The van der Waals surface area contributed by atoms with Crippen LogP contribution in [0.25, 0.3) is 0 Å². The molecule has 1 amide bonds. The summed E-state index contributed by atoms with van der Waals surface area (Å²) in [4.78, 5) is 13.2. The van der Waals surface area contributed by atoms with Crippen molar-refractivity contribution in [1.29, 1.82) is 0 Å². The number of methoxy groups -OCH3 is 1. The van der Waals surface area contributed by atoms with Gasteiger partial charge in [-0.25, -0.2) is 0 Å². The third-order valence-corrected chi connectivity index (χ3v) is 3.84. The summed E-state index contributed by atoms with van der Waals surface area (Å²) in [5.41, 5.74) is 6.93. The van der Waals surface area contributed by atoms with Gasteiger partial charge >= 0.3 is 0 Å². The Bertz CT molecular complexity index is 567. The minimum absolute atomic E-state index is 0.0227. The molecule has 1 aromatic carbocycles. The number of amides is 1. The lowest BCUT2D eigenvalue weighted by Gasteiger charge is -2.10. The smallest absolute Gasteiger partial charge is 0.224 e. The molecule has 2 rings (SSSR count). The number of carbonyl (C=O) groups is 1. The minimum atomic E-state index is -0.0227. The Morgan fingerprint density at radius 1 is 1.40 bits per heavy atom. The highest BCUT2D eigenvalue weighted by Gasteiger charge is 2.08. The van der Waals surface area contributed by atoms with Crippen molar-refractivity contribution in [2.75, 3.05) is 18.2 Å². The molecule has 0 spiro atoms. The first-order valence-electron chi connectivity index (χ1n) is 6.45. The number of rotatable bonds is 6. The zero-order valence-electron chi connectivity index (χ0n) is 11.4. The molecule has 0 saturated heterocycles. The first-order valence-corrected chi connectivity index (χ1v) is 7.33. The molecule has 20 heavy (non-hydrogen) atoms. The summed E-state index contributed by atoms with van der Waals surface area (Å²) in [6.07, 6.45) is 2.24. The minimum Gasteiger partial charge on any atom is -0.495 e. The lowest BCUT2D eigenvalue weighted by Crippen LogP contribution is -2.12. The average molecular weight is 290 g/mol. The predicted octanol–water partition coefficient (Wildman–Crippen LogP) is 3.30. The van der Waals surface area contributed by atoms with Crippen LogP contribution >= 0.6 is 11.3 Å². The Kier molecular flexibility index (Phi) is 5.01. The van der Waals surface area contributed by atoms with E-state index in [1.807, 2.05) is 11.4 Å². The molecule has 0 fully saturated rings. The van der Waals surface area contributed by atoms with Crippen LogP contribution < -0.4 is 15.8 Å². The van der Waals surface area contributed by atoms with E-state index in [4.69, 9.17) is 10.5 Å². The topological polar surface area (TPSA) is 64.3 Å². The van der Waals surface area contributed by atoms with Gasteiger partial charge in [0.25, 0.3) is 0 Å². The molecule has 3 N–H and O–H groups in total. The number of nitrogen functional groups attached to an aromatic ring is 1. The molecule has 1 aromatic heterocycles. The molecular weight excluding hydrogens is 272 g/mol. The van der Waals surface area contributed by atoms with Gasteiger partial charge in [-0.05, 0) is 42.5 Å². The van der Waals surface area contributed by atoms with Crippen LogP contribution in [0.1, 0.15) is 17.7 Å². The van der Waals surface area contributed by atoms with Gasteiger partial charge in [-0.15, -0.1) is 11.3 Å². The van der Waals surface area contributed by atoms with Crippen molar-refractivity contribution in [3.63, 3.8) is 0 Å². The monoisotopic (exact) mass is 290 g/mol. The largest absolute Gasteiger partial charge is 0.495 e. The molecule has 0 aliphatic carbocycles. The Morgan fingerprint density at radius 2 is 2.25 bits per heavy atom. The second kappa shape index (κ2) is 6.96. The fourth-order valence-electron chi connectivity index (χ4n) is 1.91. The summed E-state index contributed by atoms with van der Waals surface area (Å²) < 4.78 is 5.20. The van der Waals surface area contributed by atoms with E-state index in [0.717, 1.165) is 12.8 Å². The highest BCUT2D eigenvalue weighted by Crippen LogP contribution is 2.26. The quantitative estimate of drug-likeness (QED) is 0.802. The number of nitrogens with two attached hydrogens (primary N) is 1. The number of ether oxygens (including phenoxy) is 1. The SMILES string of the molecule is COc1ccc(N)cc1NC(=O)CCCc1cccs1. The maximum Gasteiger partial charge on any atom is 0.224 e. The number of hydrogen-bond acceptors (Lipinski definition) is 4. The van der Waals surface area contributed by atoms with E-state index in [1.54, 1.807) is 36.6 Å². The first-order chi connectivity index (χ1) is 9.69. The molecule has 2 aromatic rings. The van der Waals surface area contributed by atoms with E-state index >= 15 is 0 Å². The van der Waals surface area contributed by atoms with Gasteiger partial charge in [-0.1, -0.05) is 6.07 Å². The summed E-state index contributed by atoms with van der Waals surface area (Å²) in [6.45, 7) is 0. The maximum atomic E-state index is 11.9. The fourth-order valence-corrected chi connectivity index (χ4v) is 2.67. The third kappa shape index (κ3) is 3.99. The van der Waals surface area contributed by atoms with Crippen molar-refractivity contribution >= 4 is 28.6 Å². The molecule has 1 heterocycles. The van der Waals surface area contributed by atoms with Crippen molar-refractivity contribution < 1.29 is 9.53 Å². The second-order valence-electron chi connectivity index (χ2n) is 4.44. The Labute approximate surface area is 122 Å². The van der Waals surface area contributed by atoms with Crippen LogP contribution in [0.2, 0.25) is 0 Å². The van der Waals surface area contributed by atoms with Crippen LogP contribution in [0, 0.1) is 0 Å². The van der Waals surface area contributed by atoms with Gasteiger partial charge in [-0.3, -0.25) is 4.79 Å². The third-order valence-electron chi connectivity index (χ3n) is 2.90. The van der Waals surface area contributed by atoms with Crippen LogP contribution in [-0.4, -0.2) is 13.0 Å².